The number of carbonyl (C=O) groups is 1. The van der Waals surface area contributed by atoms with Gasteiger partial charge in [-0.25, -0.2) is 24.5 Å². The van der Waals surface area contributed by atoms with Crippen LogP contribution in [0.25, 0.3) is 21.6 Å². The van der Waals surface area contributed by atoms with Gasteiger partial charge >= 0.3 is 18.0 Å². The Balaban J connectivity index is 1.56. The summed E-state index contributed by atoms with van der Waals surface area (Å²) >= 11 is 0.405. The first-order chi connectivity index (χ1) is 20.5. The van der Waals surface area contributed by atoms with Crippen LogP contribution in [0.4, 0.5) is 29.6 Å². The van der Waals surface area contributed by atoms with Crippen LogP contribution in [0.15, 0.2) is 35.4 Å². The number of methoxy groups -OCH3 is 1. The second-order valence-corrected chi connectivity index (χ2v) is 11.2. The number of ether oxygens (including phenoxy) is 1. The Kier molecular flexibility index (Phi) is 6.32. The van der Waals surface area contributed by atoms with Gasteiger partial charge in [0.25, 0.3) is 0 Å². The number of pyridine rings is 2. The number of imidazole rings is 1. The van der Waals surface area contributed by atoms with Crippen LogP contribution in [0.3, 0.4) is 0 Å². The van der Waals surface area contributed by atoms with E-state index in [4.69, 9.17) is 4.11 Å². The highest BCUT2D eigenvalue weighted by Gasteiger charge is 2.35. The maximum absolute atomic E-state index is 13.5. The molecule has 0 radical (unpaired) electrons. The second-order valence-electron chi connectivity index (χ2n) is 10.2. The fraction of sp³-hybridized carbons (Fsp3) is 0.423. The first-order valence-electron chi connectivity index (χ1n) is 14.0. The van der Waals surface area contributed by atoms with Crippen LogP contribution in [0.5, 0.6) is 0 Å². The molecule has 4 aromatic heterocycles. The summed E-state index contributed by atoms with van der Waals surface area (Å²) in [6, 6.07) is 3.71. The third kappa shape index (κ3) is 5.77. The molecule has 218 valence electrons. The van der Waals surface area contributed by atoms with Gasteiger partial charge in [-0.2, -0.15) is 13.2 Å². The molecule has 1 fully saturated rings. The average molecular weight is 595 g/mol. The van der Waals surface area contributed by atoms with E-state index in [1.807, 2.05) is 0 Å². The maximum atomic E-state index is 13.5. The fourth-order valence-electron chi connectivity index (χ4n) is 4.82. The quantitative estimate of drug-likeness (QED) is 0.293. The van der Waals surface area contributed by atoms with E-state index in [2.05, 4.69) is 30.3 Å². The van der Waals surface area contributed by atoms with Gasteiger partial charge in [-0.3, -0.25) is 9.13 Å². The monoisotopic (exact) mass is 594 g/mol. The van der Waals surface area contributed by atoms with Gasteiger partial charge in [0.2, 0.25) is 0 Å². The molecule has 4 aromatic rings. The van der Waals surface area contributed by atoms with Gasteiger partial charge in [0.05, 0.1) is 40.5 Å². The van der Waals surface area contributed by atoms with Crippen LogP contribution in [0, 0.1) is 0 Å². The van der Waals surface area contributed by atoms with Crippen molar-refractivity contribution in [3.05, 3.63) is 51.6 Å². The lowest BCUT2D eigenvalue weighted by Gasteiger charge is -2.20. The SMILES string of the molecule is [2H]C([2H])([2H])n1c(=O)n([C@@H]2CC[C@@H](NC(=O)OC)C2)c2cc(Nc3cc(C(C)(C)O)cc(-c4cnc(C(F)(F)F)s4)n3)ncc21. The van der Waals surface area contributed by atoms with E-state index in [-0.39, 0.29) is 39.3 Å². The number of thiazole rings is 1. The van der Waals surface area contributed by atoms with E-state index < -0.39 is 41.6 Å². The standard InChI is InChI=1S/C26H28F3N7O4S/c1-25(2,39)13-7-16(19-12-31-22(41-19)26(27,28)29)33-21(8-13)34-20-10-17-18(11-30-20)35(3)24(38)36(17)15-6-5-14(9-15)32-23(37)40-4/h7-8,10-12,14-15,39H,5-6,9H2,1-4H3,(H,32,37)(H,30,33,34)/t14-,15-/m1/s1/i3D3. The lowest BCUT2D eigenvalue weighted by atomic mass is 9.98. The van der Waals surface area contributed by atoms with Crippen LogP contribution < -0.4 is 16.3 Å². The summed E-state index contributed by atoms with van der Waals surface area (Å²) in [5, 5.41) is 15.3. The van der Waals surface area contributed by atoms with Crippen LogP contribution in [0.2, 0.25) is 0 Å². The number of rotatable bonds is 6. The number of carbonyl (C=O) groups excluding carboxylic acids is 1. The lowest BCUT2D eigenvalue weighted by Crippen LogP contribution is -2.33. The minimum Gasteiger partial charge on any atom is -0.453 e. The van der Waals surface area contributed by atoms with Gasteiger partial charge in [-0.15, -0.1) is 11.3 Å². The number of halogens is 3. The van der Waals surface area contributed by atoms with Gasteiger partial charge in [-0.05, 0) is 50.8 Å². The molecule has 0 spiro atoms. The van der Waals surface area contributed by atoms with Crippen molar-refractivity contribution in [3.8, 4) is 10.6 Å². The van der Waals surface area contributed by atoms with Gasteiger partial charge in [0, 0.05) is 35.4 Å². The number of nitrogens with zero attached hydrogens (tertiary/aromatic N) is 5. The van der Waals surface area contributed by atoms with Crippen LogP contribution >= 0.6 is 11.3 Å². The van der Waals surface area contributed by atoms with Crippen LogP contribution in [-0.2, 0) is 23.5 Å². The summed E-state index contributed by atoms with van der Waals surface area (Å²) < 4.78 is 70.2. The molecule has 0 saturated heterocycles. The first-order valence-corrected chi connectivity index (χ1v) is 13.3. The zero-order valence-corrected chi connectivity index (χ0v) is 22.9. The first kappa shape index (κ1) is 24.8. The molecular formula is C26H28F3N7O4S. The third-order valence-corrected chi connectivity index (χ3v) is 7.89. The molecule has 2 atom stereocenters. The number of hydrogen-bond donors (Lipinski definition) is 3. The van der Waals surface area contributed by atoms with Crippen LogP contribution in [0.1, 0.15) is 53.8 Å². The molecule has 5 rings (SSSR count). The van der Waals surface area contributed by atoms with Crippen molar-refractivity contribution in [2.24, 2.45) is 6.98 Å². The zero-order chi connectivity index (χ0) is 32.2. The highest BCUT2D eigenvalue weighted by molar-refractivity contribution is 7.15. The van der Waals surface area contributed by atoms with Gasteiger partial charge < -0.3 is 20.5 Å². The Morgan fingerprint density at radius 2 is 1.95 bits per heavy atom. The molecule has 1 aliphatic carbocycles. The maximum Gasteiger partial charge on any atom is 0.443 e. The number of anilines is 2. The minimum atomic E-state index is -4.63. The zero-order valence-electron chi connectivity index (χ0n) is 25.1. The Hall–Kier alpha value is -3.98. The van der Waals surface area contributed by atoms with E-state index in [0.717, 1.165) is 6.20 Å². The van der Waals surface area contributed by atoms with E-state index in [1.54, 1.807) is 0 Å². The predicted molar refractivity (Wildman–Crippen MR) is 146 cm³/mol. The second kappa shape index (κ2) is 10.4. The summed E-state index contributed by atoms with van der Waals surface area (Å²) in [6.07, 6.45) is -1.59. The van der Waals surface area contributed by atoms with Gasteiger partial charge in [-0.1, -0.05) is 0 Å². The number of fused-ring (bicyclic) bond motifs is 1. The van der Waals surface area contributed by atoms with Crippen molar-refractivity contribution in [2.75, 3.05) is 12.4 Å². The Morgan fingerprint density at radius 3 is 2.61 bits per heavy atom. The topological polar surface area (TPSA) is 136 Å². The average Bonchev–Trinajstić information content (AvgIpc) is 3.64. The highest BCUT2D eigenvalue weighted by atomic mass is 32.1. The number of hydrogen-bond acceptors (Lipinski definition) is 9. The predicted octanol–water partition coefficient (Wildman–Crippen LogP) is 4.69. The summed E-state index contributed by atoms with van der Waals surface area (Å²) in [7, 11) is 1.24. The van der Waals surface area contributed by atoms with Gasteiger partial charge in [0.15, 0.2) is 5.01 Å². The number of amides is 1. The van der Waals surface area contributed by atoms with Crippen molar-refractivity contribution >= 4 is 40.1 Å². The van der Waals surface area contributed by atoms with E-state index in [1.165, 1.54) is 49.9 Å². The molecule has 0 bridgehead atoms. The molecule has 3 N–H and O–H groups in total. The normalized spacial score (nSPS) is 19.0. The van der Waals surface area contributed by atoms with E-state index in [0.29, 0.717) is 40.7 Å². The molecule has 0 aromatic carbocycles. The molecule has 11 nitrogen and oxygen atoms in total. The summed E-state index contributed by atoms with van der Waals surface area (Å²) in [4.78, 5) is 37.5. The van der Waals surface area contributed by atoms with Crippen molar-refractivity contribution in [1.29, 1.82) is 0 Å². The Labute approximate surface area is 240 Å². The molecule has 1 saturated carbocycles. The van der Waals surface area contributed by atoms with Crippen molar-refractivity contribution in [2.45, 2.75) is 57.0 Å². The van der Waals surface area contributed by atoms with Crippen molar-refractivity contribution in [3.63, 3.8) is 0 Å². The Bertz CT molecular complexity index is 1780. The van der Waals surface area contributed by atoms with Crippen molar-refractivity contribution < 1.29 is 31.9 Å². The lowest BCUT2D eigenvalue weighted by molar-refractivity contribution is -0.137. The largest absolute Gasteiger partial charge is 0.453 e. The van der Waals surface area contributed by atoms with Crippen LogP contribution in [-0.4, -0.2) is 48.4 Å². The number of alkyl halides is 3. The molecule has 0 aliphatic heterocycles. The number of aliphatic hydroxyl groups is 1. The molecular weight excluding hydrogens is 563 g/mol. The Morgan fingerprint density at radius 1 is 1.17 bits per heavy atom. The molecule has 1 aliphatic rings. The number of alkyl carbamates (subject to hydrolysis) is 1. The molecule has 41 heavy (non-hydrogen) atoms. The molecule has 0 unspecified atom stereocenters. The third-order valence-electron chi connectivity index (χ3n) is 6.83. The molecule has 15 heteroatoms. The summed E-state index contributed by atoms with van der Waals surface area (Å²) in [5.74, 6) is 0.281. The number of aromatic nitrogens is 5. The number of nitrogens with one attached hydrogen (secondary N) is 2. The number of aryl methyl sites for hydroxylation is 1. The minimum absolute atomic E-state index is 0.0631. The van der Waals surface area contributed by atoms with Crippen molar-refractivity contribution in [1.82, 2.24) is 29.4 Å². The fourth-order valence-corrected chi connectivity index (χ4v) is 5.56. The highest BCUT2D eigenvalue weighted by Crippen LogP contribution is 2.38. The molecule has 1 amide bonds. The van der Waals surface area contributed by atoms with E-state index >= 15 is 0 Å². The molecule has 4 heterocycles. The smallest absolute Gasteiger partial charge is 0.443 e. The van der Waals surface area contributed by atoms with E-state index in [9.17, 15) is 27.9 Å². The summed E-state index contributed by atoms with van der Waals surface area (Å²) in [5.41, 5.74) is -1.36. The van der Waals surface area contributed by atoms with Gasteiger partial charge in [0.1, 0.15) is 11.6 Å². The summed E-state index contributed by atoms with van der Waals surface area (Å²) in [6.45, 7) is 0.212.